The van der Waals surface area contributed by atoms with E-state index >= 15 is 0 Å². The molecule has 5 rings (SSSR count). The Morgan fingerprint density at radius 3 is 2.85 bits per heavy atom. The Morgan fingerprint density at radius 2 is 2.11 bits per heavy atom. The molecule has 1 atom stereocenters. The minimum atomic E-state index is -0.320. The average Bonchev–Trinajstić information content (AvgIpc) is 3.57. The minimum Gasteiger partial charge on any atom is -0.486 e. The van der Waals surface area contributed by atoms with E-state index < -0.39 is 0 Å². The van der Waals surface area contributed by atoms with Crippen LogP contribution in [-0.2, 0) is 20.9 Å². The van der Waals surface area contributed by atoms with Crippen molar-refractivity contribution in [2.45, 2.75) is 19.1 Å². The van der Waals surface area contributed by atoms with Crippen molar-refractivity contribution in [2.24, 2.45) is 0 Å². The van der Waals surface area contributed by atoms with Crippen molar-refractivity contribution in [3.05, 3.63) is 89.4 Å². The van der Waals surface area contributed by atoms with Gasteiger partial charge in [0.05, 0.1) is 53.0 Å². The molecule has 1 saturated heterocycles. The summed E-state index contributed by atoms with van der Waals surface area (Å²) in [5, 5.41) is 17.3. The van der Waals surface area contributed by atoms with Gasteiger partial charge in [-0.05, 0) is 43.4 Å². The van der Waals surface area contributed by atoms with Gasteiger partial charge in [0.2, 0.25) is 5.91 Å². The standard InChI is InChI=1S/C34H35ClN6O5/c1-41(13-15-43-2)12-5-7-33(42)40-30-17-27-29(18-32(30)46-26-10-14-44-22-26)38-20-23(19-36)34(27)39-24-8-9-31(28(35)16-24)45-21-25-6-3-4-11-37-25/h3-9,11,16-18,20,26H,10,12-15,21-22H2,1-2H3,(H,38,39)(H,40,42)/b7-5+/t26-/m0/s1. The fraction of sp³-hybridized carbons (Fsp3) is 0.294. The Labute approximate surface area is 272 Å². The van der Waals surface area contributed by atoms with Crippen LogP contribution in [0.25, 0.3) is 10.9 Å². The van der Waals surface area contributed by atoms with Crippen LogP contribution in [0.3, 0.4) is 0 Å². The van der Waals surface area contributed by atoms with Gasteiger partial charge in [0.15, 0.2) is 0 Å². The van der Waals surface area contributed by atoms with Crippen molar-refractivity contribution in [1.29, 1.82) is 5.26 Å². The van der Waals surface area contributed by atoms with E-state index in [1.807, 2.05) is 36.2 Å². The molecule has 0 aliphatic carbocycles. The van der Waals surface area contributed by atoms with Gasteiger partial charge in [-0.3, -0.25) is 14.8 Å². The molecular formula is C34H35ClN6O5. The van der Waals surface area contributed by atoms with Gasteiger partial charge >= 0.3 is 0 Å². The first kappa shape index (κ1) is 32.7. The number of nitriles is 1. The summed E-state index contributed by atoms with van der Waals surface area (Å²) < 4.78 is 22.7. The Bertz CT molecular complexity index is 1720. The maximum absolute atomic E-state index is 13.0. The maximum Gasteiger partial charge on any atom is 0.248 e. The zero-order chi connectivity index (χ0) is 32.3. The first-order valence-corrected chi connectivity index (χ1v) is 15.2. The van der Waals surface area contributed by atoms with Crippen LogP contribution in [0.15, 0.2) is 73.1 Å². The lowest BCUT2D eigenvalue weighted by Gasteiger charge is -2.19. The van der Waals surface area contributed by atoms with Gasteiger partial charge < -0.3 is 34.5 Å². The van der Waals surface area contributed by atoms with Crippen LogP contribution in [0.5, 0.6) is 11.5 Å². The first-order valence-electron chi connectivity index (χ1n) is 14.8. The van der Waals surface area contributed by atoms with Crippen LogP contribution in [0.4, 0.5) is 17.1 Å². The van der Waals surface area contributed by atoms with E-state index in [0.717, 1.165) is 18.7 Å². The summed E-state index contributed by atoms with van der Waals surface area (Å²) in [6, 6.07) is 16.6. The molecule has 3 heterocycles. The molecule has 46 heavy (non-hydrogen) atoms. The predicted octanol–water partition coefficient (Wildman–Crippen LogP) is 5.72. The van der Waals surface area contributed by atoms with E-state index in [2.05, 4.69) is 26.7 Å². The number of hydrogen-bond donors (Lipinski definition) is 2. The summed E-state index contributed by atoms with van der Waals surface area (Å²) in [5.74, 6) is 0.639. The number of likely N-dealkylation sites (N-methyl/N-ethyl adjacent to an activating group) is 1. The molecule has 2 aromatic carbocycles. The fourth-order valence-corrected chi connectivity index (χ4v) is 4.98. The van der Waals surface area contributed by atoms with Crippen LogP contribution in [-0.4, -0.2) is 73.9 Å². The number of fused-ring (bicyclic) bond motifs is 1. The molecule has 0 unspecified atom stereocenters. The molecule has 12 heteroatoms. The first-order chi connectivity index (χ1) is 22.4. The number of carbonyl (C=O) groups is 1. The fourth-order valence-electron chi connectivity index (χ4n) is 4.75. The zero-order valence-corrected chi connectivity index (χ0v) is 26.4. The highest BCUT2D eigenvalue weighted by molar-refractivity contribution is 6.32. The third-order valence-electron chi connectivity index (χ3n) is 7.20. The number of rotatable bonds is 14. The Balaban J connectivity index is 1.41. The quantitative estimate of drug-likeness (QED) is 0.165. The van der Waals surface area contributed by atoms with Crippen molar-refractivity contribution in [3.63, 3.8) is 0 Å². The van der Waals surface area contributed by atoms with E-state index in [1.165, 1.54) is 12.3 Å². The number of nitrogens with zero attached hydrogens (tertiary/aromatic N) is 4. The lowest BCUT2D eigenvalue weighted by atomic mass is 10.1. The van der Waals surface area contributed by atoms with Crippen LogP contribution >= 0.6 is 11.6 Å². The number of halogens is 1. The molecule has 1 amide bonds. The molecule has 2 N–H and O–H groups in total. The van der Waals surface area contributed by atoms with E-state index in [-0.39, 0.29) is 18.6 Å². The van der Waals surface area contributed by atoms with Crippen molar-refractivity contribution in [2.75, 3.05) is 57.7 Å². The highest BCUT2D eigenvalue weighted by Gasteiger charge is 2.21. The van der Waals surface area contributed by atoms with Crippen LogP contribution in [0.2, 0.25) is 5.02 Å². The molecule has 238 valence electrons. The number of pyridine rings is 2. The minimum absolute atomic E-state index is 0.158. The monoisotopic (exact) mass is 642 g/mol. The third-order valence-corrected chi connectivity index (χ3v) is 7.49. The molecular weight excluding hydrogens is 608 g/mol. The summed E-state index contributed by atoms with van der Waals surface area (Å²) >= 11 is 6.57. The summed E-state index contributed by atoms with van der Waals surface area (Å²) in [6.45, 7) is 3.25. The number of carbonyl (C=O) groups excluding carboxylic acids is 1. The zero-order valence-electron chi connectivity index (χ0n) is 25.7. The van der Waals surface area contributed by atoms with Crippen molar-refractivity contribution < 1.29 is 23.7 Å². The Hall–Kier alpha value is -4.73. The number of ether oxygens (including phenoxy) is 4. The van der Waals surface area contributed by atoms with Gasteiger partial charge in [-0.1, -0.05) is 23.7 Å². The van der Waals surface area contributed by atoms with Crippen LogP contribution in [0, 0.1) is 11.3 Å². The SMILES string of the molecule is COCCN(C)C/C=C/C(=O)Nc1cc2c(Nc3ccc(OCc4ccccn4)c(Cl)c3)c(C#N)cnc2cc1O[C@H]1CCOC1. The number of anilines is 3. The second-order valence-corrected chi connectivity index (χ2v) is 11.1. The van der Waals surface area contributed by atoms with Crippen molar-refractivity contribution in [3.8, 4) is 17.6 Å². The van der Waals surface area contributed by atoms with Crippen LogP contribution < -0.4 is 20.1 Å². The normalized spacial score (nSPS) is 14.5. The molecule has 4 aromatic rings. The molecule has 0 saturated carbocycles. The van der Waals surface area contributed by atoms with Gasteiger partial charge in [0, 0.05) is 62.2 Å². The van der Waals surface area contributed by atoms with E-state index in [1.54, 1.807) is 43.6 Å². The van der Waals surface area contributed by atoms with Gasteiger partial charge in [-0.2, -0.15) is 5.26 Å². The number of hydrogen-bond acceptors (Lipinski definition) is 10. The lowest BCUT2D eigenvalue weighted by molar-refractivity contribution is -0.111. The summed E-state index contributed by atoms with van der Waals surface area (Å²) in [6.07, 6.45) is 7.05. The predicted molar refractivity (Wildman–Crippen MR) is 177 cm³/mol. The molecule has 1 fully saturated rings. The smallest absolute Gasteiger partial charge is 0.248 e. The second-order valence-electron chi connectivity index (χ2n) is 10.7. The maximum atomic E-state index is 13.0. The van der Waals surface area contributed by atoms with Gasteiger partial charge in [0.25, 0.3) is 0 Å². The van der Waals surface area contributed by atoms with Crippen molar-refractivity contribution in [1.82, 2.24) is 14.9 Å². The molecule has 0 radical (unpaired) electrons. The van der Waals surface area contributed by atoms with Crippen molar-refractivity contribution >= 4 is 45.5 Å². The number of aromatic nitrogens is 2. The van der Waals surface area contributed by atoms with Crippen LogP contribution in [0.1, 0.15) is 17.7 Å². The third kappa shape index (κ3) is 8.71. The number of amides is 1. The van der Waals surface area contributed by atoms with Gasteiger partial charge in [0.1, 0.15) is 30.3 Å². The molecule has 1 aliphatic heterocycles. The van der Waals surface area contributed by atoms with Gasteiger partial charge in [-0.25, -0.2) is 0 Å². The highest BCUT2D eigenvalue weighted by Crippen LogP contribution is 2.38. The van der Waals surface area contributed by atoms with E-state index in [4.69, 9.17) is 30.5 Å². The number of methoxy groups -OCH3 is 1. The number of benzene rings is 2. The Kier molecular flexibility index (Phi) is 11.4. The molecule has 2 aromatic heterocycles. The largest absolute Gasteiger partial charge is 0.486 e. The van der Waals surface area contributed by atoms with Gasteiger partial charge in [-0.15, -0.1) is 0 Å². The topological polar surface area (TPSA) is 131 Å². The van der Waals surface area contributed by atoms with E-state index in [9.17, 15) is 10.1 Å². The average molecular weight is 643 g/mol. The number of nitrogens with one attached hydrogen (secondary N) is 2. The molecule has 11 nitrogen and oxygen atoms in total. The Morgan fingerprint density at radius 1 is 1.22 bits per heavy atom. The molecule has 1 aliphatic rings. The lowest BCUT2D eigenvalue weighted by Crippen LogP contribution is -2.23. The summed E-state index contributed by atoms with van der Waals surface area (Å²) in [5.41, 5.74) is 3.25. The summed E-state index contributed by atoms with van der Waals surface area (Å²) in [7, 11) is 3.60. The highest BCUT2D eigenvalue weighted by atomic mass is 35.5. The second kappa shape index (κ2) is 16.0. The molecule has 0 bridgehead atoms. The molecule has 0 spiro atoms. The van der Waals surface area contributed by atoms with E-state index in [0.29, 0.717) is 76.4 Å². The summed E-state index contributed by atoms with van der Waals surface area (Å²) in [4.78, 5) is 23.8.